The molecule has 3 N–H and O–H groups in total. The number of nitrogens with one attached hydrogen (secondary N) is 1. The number of hydrogen-bond donors (Lipinski definition) is 2. The summed E-state index contributed by atoms with van der Waals surface area (Å²) in [4.78, 5) is 8.14. The van der Waals surface area contributed by atoms with E-state index >= 15 is 0 Å². The van der Waals surface area contributed by atoms with Gasteiger partial charge in [0.05, 0.1) is 12.3 Å². The second-order valence-electron chi connectivity index (χ2n) is 4.58. The van der Waals surface area contributed by atoms with Crippen LogP contribution >= 0.6 is 0 Å². The zero-order valence-corrected chi connectivity index (χ0v) is 10.3. The number of nitrogens with zero attached hydrogens (tertiary/aromatic N) is 3. The lowest BCUT2D eigenvalue weighted by molar-refractivity contribution is 0.188. The molecule has 0 saturated heterocycles. The number of H-pyrrole nitrogens is 1. The minimum atomic E-state index is 0.0856. The summed E-state index contributed by atoms with van der Waals surface area (Å²) >= 11 is 0. The normalized spacial score (nSPS) is 13.2. The third kappa shape index (κ3) is 2.64. The molecular formula is C11H17N5O. The maximum Gasteiger partial charge on any atom is 0.229 e. The summed E-state index contributed by atoms with van der Waals surface area (Å²) in [6.07, 6.45) is 2.69. The first kappa shape index (κ1) is 11.6. The second kappa shape index (κ2) is 4.57. The molecule has 2 aromatic heterocycles. The lowest BCUT2D eigenvalue weighted by Crippen LogP contribution is -2.15. The molecule has 6 nitrogen and oxygen atoms in total. The van der Waals surface area contributed by atoms with E-state index in [1.807, 2.05) is 6.92 Å². The average Bonchev–Trinajstić information content (AvgIpc) is 2.63. The van der Waals surface area contributed by atoms with Gasteiger partial charge in [0.25, 0.3) is 0 Å². The van der Waals surface area contributed by atoms with Gasteiger partial charge >= 0.3 is 0 Å². The van der Waals surface area contributed by atoms with Crippen LogP contribution in [0.25, 0.3) is 11.0 Å². The van der Waals surface area contributed by atoms with Gasteiger partial charge in [0.15, 0.2) is 5.65 Å². The molecule has 2 rings (SSSR count). The van der Waals surface area contributed by atoms with Crippen LogP contribution in [0.1, 0.15) is 27.2 Å². The molecule has 0 fully saturated rings. The molecule has 1 atom stereocenters. The fourth-order valence-electron chi connectivity index (χ4n) is 1.82. The van der Waals surface area contributed by atoms with E-state index < -0.39 is 0 Å². The molecule has 0 saturated carbocycles. The summed E-state index contributed by atoms with van der Waals surface area (Å²) < 4.78 is 5.79. The number of nitrogen functional groups attached to an aromatic ring is 1. The molecular weight excluding hydrogens is 218 g/mol. The SMILES string of the molecule is CC(C)CC(C)Oc1nc(N)nc2[nH]ncc12. The Balaban J connectivity index is 2.25. The summed E-state index contributed by atoms with van der Waals surface area (Å²) in [7, 11) is 0. The van der Waals surface area contributed by atoms with E-state index in [2.05, 4.69) is 34.0 Å². The number of aromatic amines is 1. The van der Waals surface area contributed by atoms with Crippen molar-refractivity contribution in [2.75, 3.05) is 5.73 Å². The maximum absolute atomic E-state index is 5.79. The molecule has 0 amide bonds. The highest BCUT2D eigenvalue weighted by molar-refractivity contribution is 5.80. The van der Waals surface area contributed by atoms with Crippen LogP contribution in [0.15, 0.2) is 6.20 Å². The molecule has 0 aliphatic rings. The van der Waals surface area contributed by atoms with Crippen molar-refractivity contribution in [1.82, 2.24) is 20.2 Å². The Morgan fingerprint density at radius 1 is 1.35 bits per heavy atom. The fourth-order valence-corrected chi connectivity index (χ4v) is 1.82. The van der Waals surface area contributed by atoms with Crippen LogP contribution in [0, 0.1) is 5.92 Å². The minimum absolute atomic E-state index is 0.0856. The first-order valence-electron chi connectivity index (χ1n) is 5.69. The maximum atomic E-state index is 5.79. The van der Waals surface area contributed by atoms with Crippen molar-refractivity contribution in [3.05, 3.63) is 6.20 Å². The molecule has 0 spiro atoms. The molecule has 0 bridgehead atoms. The van der Waals surface area contributed by atoms with Crippen LogP contribution in [-0.4, -0.2) is 26.3 Å². The van der Waals surface area contributed by atoms with E-state index in [0.29, 0.717) is 17.4 Å². The molecule has 2 heterocycles. The van der Waals surface area contributed by atoms with Crippen LogP contribution in [0.2, 0.25) is 0 Å². The van der Waals surface area contributed by atoms with E-state index in [0.717, 1.165) is 11.8 Å². The first-order chi connectivity index (χ1) is 8.06. The van der Waals surface area contributed by atoms with Crippen molar-refractivity contribution in [2.45, 2.75) is 33.3 Å². The first-order valence-corrected chi connectivity index (χ1v) is 5.69. The van der Waals surface area contributed by atoms with Crippen molar-refractivity contribution < 1.29 is 4.74 Å². The summed E-state index contributed by atoms with van der Waals surface area (Å²) in [5.41, 5.74) is 6.21. The lowest BCUT2D eigenvalue weighted by atomic mass is 10.1. The molecule has 17 heavy (non-hydrogen) atoms. The van der Waals surface area contributed by atoms with Gasteiger partial charge in [-0.2, -0.15) is 15.1 Å². The number of anilines is 1. The number of ether oxygens (including phenoxy) is 1. The van der Waals surface area contributed by atoms with E-state index in [4.69, 9.17) is 10.5 Å². The number of rotatable bonds is 4. The van der Waals surface area contributed by atoms with E-state index in [1.54, 1.807) is 6.20 Å². The predicted molar refractivity (Wildman–Crippen MR) is 65.6 cm³/mol. The topological polar surface area (TPSA) is 89.7 Å². The predicted octanol–water partition coefficient (Wildman–Crippen LogP) is 1.75. The monoisotopic (exact) mass is 235 g/mol. The molecule has 0 aliphatic heterocycles. The van der Waals surface area contributed by atoms with E-state index in [1.165, 1.54) is 0 Å². The van der Waals surface area contributed by atoms with Gasteiger partial charge in [-0.15, -0.1) is 0 Å². The van der Waals surface area contributed by atoms with Gasteiger partial charge in [-0.05, 0) is 19.3 Å². The number of hydrogen-bond acceptors (Lipinski definition) is 5. The molecule has 0 aliphatic carbocycles. The Hall–Kier alpha value is -1.85. The van der Waals surface area contributed by atoms with Crippen molar-refractivity contribution in [2.24, 2.45) is 5.92 Å². The highest BCUT2D eigenvalue weighted by atomic mass is 16.5. The second-order valence-corrected chi connectivity index (χ2v) is 4.58. The van der Waals surface area contributed by atoms with Crippen LogP contribution < -0.4 is 10.5 Å². The Morgan fingerprint density at radius 3 is 2.82 bits per heavy atom. The Kier molecular flexibility index (Phi) is 3.12. The highest BCUT2D eigenvalue weighted by Gasteiger charge is 2.13. The number of fused-ring (bicyclic) bond motifs is 1. The number of aromatic nitrogens is 4. The Bertz CT molecular complexity index is 508. The largest absolute Gasteiger partial charge is 0.474 e. The molecule has 2 aromatic rings. The van der Waals surface area contributed by atoms with Crippen molar-refractivity contribution in [1.29, 1.82) is 0 Å². The minimum Gasteiger partial charge on any atom is -0.474 e. The molecule has 1 unspecified atom stereocenters. The van der Waals surface area contributed by atoms with Gasteiger partial charge in [0.1, 0.15) is 5.39 Å². The Morgan fingerprint density at radius 2 is 2.12 bits per heavy atom. The Labute approximate surface area is 99.6 Å². The summed E-state index contributed by atoms with van der Waals surface area (Å²) in [5.74, 6) is 1.26. The van der Waals surface area contributed by atoms with Gasteiger partial charge in [-0.3, -0.25) is 5.10 Å². The van der Waals surface area contributed by atoms with Crippen LogP contribution in [0.4, 0.5) is 5.95 Å². The summed E-state index contributed by atoms with van der Waals surface area (Å²) in [5, 5.41) is 7.42. The summed E-state index contributed by atoms with van der Waals surface area (Å²) in [6, 6.07) is 0. The van der Waals surface area contributed by atoms with Gasteiger partial charge in [0, 0.05) is 0 Å². The van der Waals surface area contributed by atoms with E-state index in [-0.39, 0.29) is 12.1 Å². The van der Waals surface area contributed by atoms with Gasteiger partial charge in [-0.25, -0.2) is 0 Å². The molecule has 0 aromatic carbocycles. The van der Waals surface area contributed by atoms with Gasteiger partial charge in [0.2, 0.25) is 11.8 Å². The van der Waals surface area contributed by atoms with Gasteiger partial charge in [-0.1, -0.05) is 13.8 Å². The smallest absolute Gasteiger partial charge is 0.229 e. The van der Waals surface area contributed by atoms with Crippen molar-refractivity contribution in [3.63, 3.8) is 0 Å². The van der Waals surface area contributed by atoms with Crippen LogP contribution in [-0.2, 0) is 0 Å². The average molecular weight is 235 g/mol. The molecule has 0 radical (unpaired) electrons. The lowest BCUT2D eigenvalue weighted by Gasteiger charge is -2.16. The van der Waals surface area contributed by atoms with Gasteiger partial charge < -0.3 is 10.5 Å². The zero-order valence-electron chi connectivity index (χ0n) is 10.3. The zero-order chi connectivity index (χ0) is 12.4. The van der Waals surface area contributed by atoms with E-state index in [9.17, 15) is 0 Å². The third-order valence-corrected chi connectivity index (χ3v) is 2.41. The quantitative estimate of drug-likeness (QED) is 0.842. The molecule has 6 heteroatoms. The summed E-state index contributed by atoms with van der Waals surface area (Å²) in [6.45, 7) is 6.33. The molecule has 92 valence electrons. The van der Waals surface area contributed by atoms with Crippen LogP contribution in [0.3, 0.4) is 0 Å². The third-order valence-electron chi connectivity index (χ3n) is 2.41. The number of nitrogens with two attached hydrogens (primary N) is 1. The van der Waals surface area contributed by atoms with Crippen molar-refractivity contribution >= 4 is 17.0 Å². The van der Waals surface area contributed by atoms with Crippen LogP contribution in [0.5, 0.6) is 5.88 Å². The highest BCUT2D eigenvalue weighted by Crippen LogP contribution is 2.23. The standard InChI is InChI=1S/C11H17N5O/c1-6(2)4-7(3)17-10-8-5-13-16-9(8)14-11(12)15-10/h5-7H,4H2,1-3H3,(H3,12,13,14,15,16). The fraction of sp³-hybridized carbons (Fsp3) is 0.545. The van der Waals surface area contributed by atoms with Crippen molar-refractivity contribution in [3.8, 4) is 5.88 Å².